The van der Waals surface area contributed by atoms with Gasteiger partial charge in [-0.25, -0.2) is 4.79 Å². The molecule has 4 heteroatoms. The molecule has 1 N–H and O–H groups in total. The average molecular weight is 233 g/mol. The van der Waals surface area contributed by atoms with Gasteiger partial charge in [0.25, 0.3) is 0 Å². The minimum Gasteiger partial charge on any atom is -0.479 e. The van der Waals surface area contributed by atoms with Gasteiger partial charge < -0.3 is 10.0 Å². The van der Waals surface area contributed by atoms with E-state index >= 15 is 0 Å². The van der Waals surface area contributed by atoms with Crippen molar-refractivity contribution in [1.29, 1.82) is 0 Å². The summed E-state index contributed by atoms with van der Waals surface area (Å²) >= 11 is 0. The molecule has 1 unspecified atom stereocenters. The molecule has 1 aromatic carbocycles. The third-order valence-electron chi connectivity index (χ3n) is 3.53. The first kappa shape index (κ1) is 11.6. The molecule has 1 aliphatic carbocycles. The van der Waals surface area contributed by atoms with Crippen LogP contribution in [0.1, 0.15) is 24.5 Å². The van der Waals surface area contributed by atoms with Gasteiger partial charge >= 0.3 is 5.97 Å². The van der Waals surface area contributed by atoms with Crippen LogP contribution >= 0.6 is 0 Å². The number of aliphatic carboxylic acids is 1. The van der Waals surface area contributed by atoms with Crippen molar-refractivity contribution in [3.05, 3.63) is 35.4 Å². The highest BCUT2D eigenvalue weighted by Gasteiger charge is 2.49. The van der Waals surface area contributed by atoms with Crippen molar-refractivity contribution < 1.29 is 14.7 Å². The number of nitrogens with zero attached hydrogens (tertiary/aromatic N) is 1. The minimum atomic E-state index is -1.17. The zero-order valence-electron chi connectivity index (χ0n) is 9.72. The predicted octanol–water partition coefficient (Wildman–Crippen LogP) is 1.39. The molecule has 1 aliphatic rings. The molecule has 0 saturated carbocycles. The lowest BCUT2D eigenvalue weighted by molar-refractivity contribution is -0.156. The van der Waals surface area contributed by atoms with Crippen molar-refractivity contribution in [1.82, 2.24) is 4.90 Å². The Bertz CT molecular complexity index is 458. The van der Waals surface area contributed by atoms with Crippen LogP contribution in [0.4, 0.5) is 0 Å². The zero-order valence-corrected chi connectivity index (χ0v) is 9.72. The summed E-state index contributed by atoms with van der Waals surface area (Å²) in [5, 5.41) is 9.54. The first-order valence-corrected chi connectivity index (χ1v) is 5.70. The Morgan fingerprint density at radius 3 is 2.82 bits per heavy atom. The molecule has 1 atom stereocenters. The molecular weight excluding hydrogens is 218 g/mol. The number of rotatable bonds is 4. The topological polar surface area (TPSA) is 57.6 Å². The van der Waals surface area contributed by atoms with Crippen molar-refractivity contribution in [2.75, 3.05) is 6.54 Å². The molecule has 0 fully saturated rings. The molecule has 0 saturated heterocycles. The second-order valence-corrected chi connectivity index (χ2v) is 4.21. The van der Waals surface area contributed by atoms with Gasteiger partial charge in [-0.05, 0) is 30.9 Å². The fraction of sp³-hybridized carbons (Fsp3) is 0.385. The molecule has 0 aliphatic heterocycles. The van der Waals surface area contributed by atoms with Crippen LogP contribution in [0.3, 0.4) is 0 Å². The van der Waals surface area contributed by atoms with Crippen LogP contribution in [0.2, 0.25) is 0 Å². The lowest BCUT2D eigenvalue weighted by atomic mass is 9.90. The second kappa shape index (κ2) is 4.20. The van der Waals surface area contributed by atoms with Crippen LogP contribution in [0.25, 0.3) is 0 Å². The molecule has 4 nitrogen and oxygen atoms in total. The SMILES string of the molecule is CCN(C=O)C1(C(=O)O)CCc2ccccc21. The third-order valence-corrected chi connectivity index (χ3v) is 3.53. The number of carbonyl (C=O) groups is 2. The van der Waals surface area contributed by atoms with E-state index in [9.17, 15) is 14.7 Å². The summed E-state index contributed by atoms with van der Waals surface area (Å²) in [5.41, 5.74) is 0.601. The van der Waals surface area contributed by atoms with Crippen LogP contribution in [0.5, 0.6) is 0 Å². The number of amides is 1. The van der Waals surface area contributed by atoms with Crippen molar-refractivity contribution in [3.63, 3.8) is 0 Å². The number of carbonyl (C=O) groups excluding carboxylic acids is 1. The number of hydrogen-bond donors (Lipinski definition) is 1. The Hall–Kier alpha value is -1.84. The summed E-state index contributed by atoms with van der Waals surface area (Å²) in [6.45, 7) is 2.18. The molecule has 1 amide bonds. The molecule has 90 valence electrons. The standard InChI is InChI=1S/C13H15NO3/c1-2-14(9-15)13(12(16)17)8-7-10-5-3-4-6-11(10)13/h3-6,9H,2,7-8H2,1H3,(H,16,17). The lowest BCUT2D eigenvalue weighted by Gasteiger charge is -2.35. The number of hydrogen-bond acceptors (Lipinski definition) is 2. The van der Waals surface area contributed by atoms with Crippen molar-refractivity contribution in [2.24, 2.45) is 0 Å². The highest BCUT2D eigenvalue weighted by atomic mass is 16.4. The first-order chi connectivity index (χ1) is 8.16. The summed E-state index contributed by atoms with van der Waals surface area (Å²) < 4.78 is 0. The number of benzene rings is 1. The minimum absolute atomic E-state index is 0.393. The molecule has 0 aromatic heterocycles. The Kier molecular flexibility index (Phi) is 2.88. The van der Waals surface area contributed by atoms with Crippen molar-refractivity contribution in [3.8, 4) is 0 Å². The number of carboxylic acids is 1. The number of aryl methyl sites for hydroxylation is 1. The monoisotopic (exact) mass is 233 g/mol. The Morgan fingerprint density at radius 2 is 2.24 bits per heavy atom. The smallest absolute Gasteiger partial charge is 0.334 e. The number of fused-ring (bicyclic) bond motifs is 1. The van der Waals surface area contributed by atoms with E-state index in [1.807, 2.05) is 24.3 Å². The Labute approximate surface area is 99.9 Å². The van der Waals surface area contributed by atoms with Gasteiger partial charge in [-0.3, -0.25) is 4.79 Å². The Balaban J connectivity index is 2.59. The van der Waals surface area contributed by atoms with E-state index in [4.69, 9.17) is 0 Å². The van der Waals surface area contributed by atoms with E-state index in [2.05, 4.69) is 0 Å². The van der Waals surface area contributed by atoms with Gasteiger partial charge in [0.2, 0.25) is 6.41 Å². The molecule has 0 bridgehead atoms. The lowest BCUT2D eigenvalue weighted by Crippen LogP contribution is -2.50. The summed E-state index contributed by atoms with van der Waals surface area (Å²) in [4.78, 5) is 24.1. The van der Waals surface area contributed by atoms with Crippen LogP contribution < -0.4 is 0 Å². The zero-order chi connectivity index (χ0) is 12.5. The van der Waals surface area contributed by atoms with E-state index in [-0.39, 0.29) is 0 Å². The van der Waals surface area contributed by atoms with Crippen LogP contribution in [-0.2, 0) is 21.5 Å². The maximum absolute atomic E-state index is 11.6. The highest BCUT2D eigenvalue weighted by molar-refractivity contribution is 5.85. The summed E-state index contributed by atoms with van der Waals surface area (Å²) in [6.07, 6.45) is 1.79. The van der Waals surface area contributed by atoms with Crippen molar-refractivity contribution >= 4 is 12.4 Å². The molecule has 2 rings (SSSR count). The molecule has 0 heterocycles. The van der Waals surface area contributed by atoms with Gasteiger partial charge in [-0.15, -0.1) is 0 Å². The summed E-state index contributed by atoms with van der Waals surface area (Å²) in [5.74, 6) is -0.948. The van der Waals surface area contributed by atoms with E-state index < -0.39 is 11.5 Å². The molecule has 0 radical (unpaired) electrons. The maximum atomic E-state index is 11.6. The van der Waals surface area contributed by atoms with Crippen LogP contribution in [0.15, 0.2) is 24.3 Å². The number of likely N-dealkylation sites (N-methyl/N-ethyl adjacent to an activating group) is 1. The summed E-state index contributed by atoms with van der Waals surface area (Å²) in [6, 6.07) is 7.45. The predicted molar refractivity (Wildman–Crippen MR) is 62.5 cm³/mol. The van der Waals surface area contributed by atoms with Crippen LogP contribution in [0, 0.1) is 0 Å². The van der Waals surface area contributed by atoms with Gasteiger partial charge in [0.15, 0.2) is 5.54 Å². The first-order valence-electron chi connectivity index (χ1n) is 5.70. The molecule has 0 spiro atoms. The third kappa shape index (κ3) is 1.52. The van der Waals surface area contributed by atoms with E-state index in [0.29, 0.717) is 25.8 Å². The van der Waals surface area contributed by atoms with Gasteiger partial charge in [-0.1, -0.05) is 24.3 Å². The van der Waals surface area contributed by atoms with E-state index in [0.717, 1.165) is 11.1 Å². The average Bonchev–Trinajstić information content (AvgIpc) is 2.72. The molecular formula is C13H15NO3. The van der Waals surface area contributed by atoms with Gasteiger partial charge in [-0.2, -0.15) is 0 Å². The normalized spacial score (nSPS) is 21.9. The number of carboxylic acid groups (broad SMARTS) is 1. The van der Waals surface area contributed by atoms with Crippen molar-refractivity contribution in [2.45, 2.75) is 25.3 Å². The van der Waals surface area contributed by atoms with Crippen LogP contribution in [-0.4, -0.2) is 28.9 Å². The highest BCUT2D eigenvalue weighted by Crippen LogP contribution is 2.41. The quantitative estimate of drug-likeness (QED) is 0.799. The van der Waals surface area contributed by atoms with Gasteiger partial charge in [0.05, 0.1) is 0 Å². The maximum Gasteiger partial charge on any atom is 0.334 e. The van der Waals surface area contributed by atoms with E-state index in [1.165, 1.54) is 4.90 Å². The summed E-state index contributed by atoms with van der Waals surface area (Å²) in [7, 11) is 0. The fourth-order valence-corrected chi connectivity index (χ4v) is 2.67. The van der Waals surface area contributed by atoms with Gasteiger partial charge in [0.1, 0.15) is 0 Å². The molecule has 17 heavy (non-hydrogen) atoms. The van der Waals surface area contributed by atoms with E-state index in [1.54, 1.807) is 6.92 Å². The molecule has 1 aromatic rings. The second-order valence-electron chi connectivity index (χ2n) is 4.21. The van der Waals surface area contributed by atoms with Gasteiger partial charge in [0, 0.05) is 6.54 Å². The Morgan fingerprint density at radius 1 is 1.53 bits per heavy atom. The fourth-order valence-electron chi connectivity index (χ4n) is 2.67. The largest absolute Gasteiger partial charge is 0.479 e.